The summed E-state index contributed by atoms with van der Waals surface area (Å²) in [5.41, 5.74) is 2.58. The van der Waals surface area contributed by atoms with Gasteiger partial charge < -0.3 is 15.0 Å². The molecular weight excluding hydrogens is 242 g/mol. The first-order chi connectivity index (χ1) is 9.15. The van der Waals surface area contributed by atoms with E-state index in [4.69, 9.17) is 10.00 Å². The van der Waals surface area contributed by atoms with Gasteiger partial charge in [0.05, 0.1) is 19.2 Å². The maximum atomic E-state index is 12.4. The molecule has 0 aromatic heterocycles. The Hall–Kier alpha value is -2.06. The molecule has 0 spiro atoms. The van der Waals surface area contributed by atoms with Crippen molar-refractivity contribution in [1.82, 2.24) is 4.90 Å². The highest BCUT2D eigenvalue weighted by atomic mass is 16.5. The first-order valence-electron chi connectivity index (χ1n) is 6.24. The number of rotatable bonds is 2. The maximum absolute atomic E-state index is 12.4. The molecule has 0 saturated carbocycles. The number of benzene rings is 1. The van der Waals surface area contributed by atoms with E-state index in [1.54, 1.807) is 4.90 Å². The largest absolute Gasteiger partial charge is 0.388 e. The fourth-order valence-corrected chi connectivity index (χ4v) is 2.14. The Morgan fingerprint density at radius 3 is 3.00 bits per heavy atom. The maximum Gasteiger partial charge on any atom is 0.254 e. The average Bonchev–Trinajstić information content (AvgIpc) is 2.46. The van der Waals surface area contributed by atoms with Crippen LogP contribution in [0.2, 0.25) is 0 Å². The van der Waals surface area contributed by atoms with E-state index >= 15 is 0 Å². The van der Waals surface area contributed by atoms with E-state index < -0.39 is 6.10 Å². The van der Waals surface area contributed by atoms with Crippen LogP contribution >= 0.6 is 0 Å². The van der Waals surface area contributed by atoms with Gasteiger partial charge in [0.1, 0.15) is 0 Å². The molecule has 1 N–H and O–H groups in total. The lowest BCUT2D eigenvalue weighted by molar-refractivity contribution is 0.00343. The predicted octanol–water partition coefficient (Wildman–Crippen LogP) is 1.40. The number of nitrogens with one attached hydrogen (secondary N) is 1. The molecule has 1 unspecified atom stereocenters. The summed E-state index contributed by atoms with van der Waals surface area (Å²) in [7, 11) is 1.84. The molecule has 5 nitrogen and oxygen atoms in total. The van der Waals surface area contributed by atoms with Gasteiger partial charge in [-0.15, -0.1) is 0 Å². The van der Waals surface area contributed by atoms with Crippen molar-refractivity contribution < 1.29 is 9.53 Å². The van der Waals surface area contributed by atoms with Gasteiger partial charge in [-0.05, 0) is 30.7 Å². The number of carbonyl (C=O) groups excluding carboxylic acids is 1. The molecule has 19 heavy (non-hydrogen) atoms. The summed E-state index contributed by atoms with van der Waals surface area (Å²) in [6.07, 6.45) is -0.519. The Bertz CT molecular complexity index is 522. The summed E-state index contributed by atoms with van der Waals surface area (Å²) in [6.45, 7) is 3.20. The Kier molecular flexibility index (Phi) is 4.03. The molecule has 1 aliphatic heterocycles. The van der Waals surface area contributed by atoms with Crippen molar-refractivity contribution in [2.75, 3.05) is 32.1 Å². The average molecular weight is 259 g/mol. The van der Waals surface area contributed by atoms with Crippen molar-refractivity contribution in [3.05, 3.63) is 29.3 Å². The van der Waals surface area contributed by atoms with Crippen LogP contribution < -0.4 is 5.32 Å². The minimum atomic E-state index is -0.519. The highest BCUT2D eigenvalue weighted by Crippen LogP contribution is 2.18. The smallest absolute Gasteiger partial charge is 0.254 e. The van der Waals surface area contributed by atoms with Crippen molar-refractivity contribution in [3.63, 3.8) is 0 Å². The molecular formula is C14H17N3O2. The lowest BCUT2D eigenvalue weighted by Crippen LogP contribution is -2.45. The van der Waals surface area contributed by atoms with E-state index in [2.05, 4.69) is 5.32 Å². The molecule has 1 aromatic rings. The number of nitrogens with zero attached hydrogens (tertiary/aromatic N) is 2. The molecule has 2 rings (SSSR count). The number of anilines is 1. The van der Waals surface area contributed by atoms with E-state index in [0.717, 1.165) is 11.3 Å². The van der Waals surface area contributed by atoms with Gasteiger partial charge >= 0.3 is 0 Å². The number of nitriles is 1. The standard InChI is InChI=1S/C14H17N3O2/c1-10-7-11(16-2)3-4-13(10)14(18)17-5-6-19-12(8-15)9-17/h3-4,7,12,16H,5-6,9H2,1-2H3. The van der Waals surface area contributed by atoms with Crippen LogP contribution in [-0.2, 0) is 4.74 Å². The number of morpholine rings is 1. The Labute approximate surface area is 112 Å². The Morgan fingerprint density at radius 1 is 1.58 bits per heavy atom. The van der Waals surface area contributed by atoms with Crippen LogP contribution in [0.15, 0.2) is 18.2 Å². The van der Waals surface area contributed by atoms with Gasteiger partial charge in [-0.25, -0.2) is 0 Å². The third kappa shape index (κ3) is 2.85. The number of hydrogen-bond acceptors (Lipinski definition) is 4. The van der Waals surface area contributed by atoms with Gasteiger partial charge in [-0.2, -0.15) is 5.26 Å². The molecule has 5 heteroatoms. The normalized spacial score (nSPS) is 18.8. The second-order valence-corrected chi connectivity index (χ2v) is 4.52. The monoisotopic (exact) mass is 259 g/mol. The fraction of sp³-hybridized carbons (Fsp3) is 0.429. The van der Waals surface area contributed by atoms with Crippen molar-refractivity contribution in [3.8, 4) is 6.07 Å². The molecule has 0 aliphatic carbocycles. The van der Waals surface area contributed by atoms with E-state index in [9.17, 15) is 4.79 Å². The summed E-state index contributed by atoms with van der Waals surface area (Å²) in [5, 5.41) is 11.9. The molecule has 1 aromatic carbocycles. The second kappa shape index (κ2) is 5.72. The van der Waals surface area contributed by atoms with Crippen LogP contribution in [0.25, 0.3) is 0 Å². The predicted molar refractivity (Wildman–Crippen MR) is 72.0 cm³/mol. The van der Waals surface area contributed by atoms with Crippen molar-refractivity contribution in [1.29, 1.82) is 5.26 Å². The summed E-state index contributed by atoms with van der Waals surface area (Å²) >= 11 is 0. The lowest BCUT2D eigenvalue weighted by atomic mass is 10.1. The second-order valence-electron chi connectivity index (χ2n) is 4.52. The molecule has 100 valence electrons. The highest BCUT2D eigenvalue weighted by molar-refractivity contribution is 5.96. The molecule has 1 atom stereocenters. The lowest BCUT2D eigenvalue weighted by Gasteiger charge is -2.30. The zero-order valence-corrected chi connectivity index (χ0v) is 11.1. The fourth-order valence-electron chi connectivity index (χ4n) is 2.14. The van der Waals surface area contributed by atoms with Gasteiger partial charge in [0.25, 0.3) is 5.91 Å². The van der Waals surface area contributed by atoms with Crippen LogP contribution in [0.1, 0.15) is 15.9 Å². The van der Waals surface area contributed by atoms with Crippen LogP contribution in [-0.4, -0.2) is 43.7 Å². The van der Waals surface area contributed by atoms with Crippen LogP contribution in [0.5, 0.6) is 0 Å². The van der Waals surface area contributed by atoms with Crippen molar-refractivity contribution >= 4 is 11.6 Å². The quantitative estimate of drug-likeness (QED) is 0.872. The van der Waals surface area contributed by atoms with Crippen LogP contribution in [0.4, 0.5) is 5.69 Å². The molecule has 0 bridgehead atoms. The number of aryl methyl sites for hydroxylation is 1. The summed E-state index contributed by atoms with van der Waals surface area (Å²) in [6, 6.07) is 7.68. The summed E-state index contributed by atoms with van der Waals surface area (Å²) < 4.78 is 5.25. The van der Waals surface area contributed by atoms with Gasteiger partial charge in [-0.3, -0.25) is 4.79 Å². The molecule has 1 amide bonds. The number of hydrogen-bond donors (Lipinski definition) is 1. The highest BCUT2D eigenvalue weighted by Gasteiger charge is 2.25. The van der Waals surface area contributed by atoms with Gasteiger partial charge in [0, 0.05) is 24.8 Å². The molecule has 1 aliphatic rings. The first kappa shape index (κ1) is 13.4. The minimum Gasteiger partial charge on any atom is -0.388 e. The van der Waals surface area contributed by atoms with Gasteiger partial charge in [0.2, 0.25) is 0 Å². The zero-order valence-electron chi connectivity index (χ0n) is 11.1. The Morgan fingerprint density at radius 2 is 2.37 bits per heavy atom. The third-order valence-electron chi connectivity index (χ3n) is 3.24. The molecule has 1 heterocycles. The zero-order chi connectivity index (χ0) is 13.8. The van der Waals surface area contributed by atoms with Gasteiger partial charge in [-0.1, -0.05) is 0 Å². The summed E-state index contributed by atoms with van der Waals surface area (Å²) in [4.78, 5) is 14.1. The Balaban J connectivity index is 2.17. The van der Waals surface area contributed by atoms with Gasteiger partial charge in [0.15, 0.2) is 6.10 Å². The first-order valence-corrected chi connectivity index (χ1v) is 6.24. The van der Waals surface area contributed by atoms with E-state index in [1.807, 2.05) is 38.2 Å². The van der Waals surface area contributed by atoms with E-state index in [-0.39, 0.29) is 5.91 Å². The minimum absolute atomic E-state index is 0.0382. The van der Waals surface area contributed by atoms with E-state index in [0.29, 0.717) is 25.3 Å². The van der Waals surface area contributed by atoms with Crippen LogP contribution in [0, 0.1) is 18.3 Å². The summed E-state index contributed by atoms with van der Waals surface area (Å²) in [5.74, 6) is -0.0382. The molecule has 1 saturated heterocycles. The number of amides is 1. The topological polar surface area (TPSA) is 65.4 Å². The number of carbonyl (C=O) groups is 1. The third-order valence-corrected chi connectivity index (χ3v) is 3.24. The van der Waals surface area contributed by atoms with Crippen molar-refractivity contribution in [2.24, 2.45) is 0 Å². The number of ether oxygens (including phenoxy) is 1. The molecule has 1 fully saturated rings. The van der Waals surface area contributed by atoms with Crippen LogP contribution in [0.3, 0.4) is 0 Å². The molecule has 0 radical (unpaired) electrons. The van der Waals surface area contributed by atoms with E-state index in [1.165, 1.54) is 0 Å². The van der Waals surface area contributed by atoms with Crippen molar-refractivity contribution in [2.45, 2.75) is 13.0 Å². The SMILES string of the molecule is CNc1ccc(C(=O)N2CCOC(C#N)C2)c(C)c1.